The molecular weight excluding hydrogens is 457 g/mol. The van der Waals surface area contributed by atoms with Gasteiger partial charge in [0.15, 0.2) is 0 Å². The fourth-order valence-electron chi connectivity index (χ4n) is 3.44. The zero-order valence-corrected chi connectivity index (χ0v) is 18.0. The van der Waals surface area contributed by atoms with Crippen LogP contribution in [-0.2, 0) is 14.4 Å². The van der Waals surface area contributed by atoms with Crippen molar-refractivity contribution in [3.63, 3.8) is 0 Å². The van der Waals surface area contributed by atoms with Crippen LogP contribution in [0.15, 0.2) is 54.2 Å². The predicted molar refractivity (Wildman–Crippen MR) is 120 cm³/mol. The van der Waals surface area contributed by atoms with E-state index in [1.165, 1.54) is 24.3 Å². The number of anilines is 1. The molecule has 1 aromatic heterocycles. The van der Waals surface area contributed by atoms with Gasteiger partial charge in [0.1, 0.15) is 11.6 Å². The molecule has 1 atom stereocenters. The molecule has 0 radical (unpaired) electrons. The third-order valence-electron chi connectivity index (χ3n) is 5.10. The van der Waals surface area contributed by atoms with Crippen LogP contribution in [0.4, 0.5) is 10.5 Å². The van der Waals surface area contributed by atoms with Crippen LogP contribution in [0.25, 0.3) is 17.0 Å². The van der Waals surface area contributed by atoms with Gasteiger partial charge >= 0.3 is 12.0 Å². The highest BCUT2D eigenvalue weighted by molar-refractivity contribution is 6.46. The molecule has 0 saturated carbocycles. The molecule has 32 heavy (non-hydrogen) atoms. The zero-order chi connectivity index (χ0) is 23.2. The first kappa shape index (κ1) is 21.6. The number of halogens is 2. The summed E-state index contributed by atoms with van der Waals surface area (Å²) in [7, 11) is 0. The van der Waals surface area contributed by atoms with Gasteiger partial charge < -0.3 is 9.67 Å². The second kappa shape index (κ2) is 8.14. The predicted octanol–water partition coefficient (Wildman–Crippen LogP) is 4.26. The number of fused-ring (bicyclic) bond motifs is 1. The first-order valence-corrected chi connectivity index (χ1v) is 10.1. The number of carbonyl (C=O) groups excluding carboxylic acids is 3. The van der Waals surface area contributed by atoms with Crippen molar-refractivity contribution in [2.24, 2.45) is 0 Å². The Bertz CT molecular complexity index is 1340. The highest BCUT2D eigenvalue weighted by Gasteiger charge is 2.38. The molecule has 10 heteroatoms. The summed E-state index contributed by atoms with van der Waals surface area (Å²) in [5, 5.41) is 12.3. The van der Waals surface area contributed by atoms with E-state index in [-0.39, 0.29) is 21.3 Å². The third-order valence-corrected chi connectivity index (χ3v) is 5.91. The Kier molecular flexibility index (Phi) is 5.50. The molecular formula is C22H15Cl2N3O5. The SMILES string of the molecule is C[C@H](C(=O)O)n1ccc2cc(/C=C3\C(=O)NC(=O)N(c4cccc(Cl)c4Cl)C3=O)ccc21. The van der Waals surface area contributed by atoms with Crippen molar-refractivity contribution in [2.75, 3.05) is 4.90 Å². The molecule has 8 nitrogen and oxygen atoms in total. The summed E-state index contributed by atoms with van der Waals surface area (Å²) in [6.07, 6.45) is 3.01. The first-order chi connectivity index (χ1) is 15.2. The number of rotatable bonds is 4. The second-order valence-electron chi connectivity index (χ2n) is 7.09. The van der Waals surface area contributed by atoms with Gasteiger partial charge in [-0.1, -0.05) is 35.3 Å². The number of amides is 4. The van der Waals surface area contributed by atoms with Gasteiger partial charge in [-0.2, -0.15) is 0 Å². The fraction of sp³-hybridized carbons (Fsp3) is 0.0909. The van der Waals surface area contributed by atoms with Gasteiger partial charge in [-0.05, 0) is 48.9 Å². The molecule has 1 fully saturated rings. The summed E-state index contributed by atoms with van der Waals surface area (Å²) in [6.45, 7) is 1.56. The van der Waals surface area contributed by atoms with E-state index in [2.05, 4.69) is 5.32 Å². The van der Waals surface area contributed by atoms with Crippen molar-refractivity contribution in [3.8, 4) is 0 Å². The Balaban J connectivity index is 1.74. The van der Waals surface area contributed by atoms with Crippen molar-refractivity contribution < 1.29 is 24.3 Å². The lowest BCUT2D eigenvalue weighted by molar-refractivity contribution is -0.140. The number of carbonyl (C=O) groups is 4. The van der Waals surface area contributed by atoms with E-state index >= 15 is 0 Å². The average Bonchev–Trinajstić information content (AvgIpc) is 3.16. The Morgan fingerprint density at radius 1 is 1.12 bits per heavy atom. The quantitative estimate of drug-likeness (QED) is 0.436. The standard InChI is InChI=1S/C22H15Cl2N3O5/c1-11(21(30)31)26-8-7-13-9-12(5-6-16(13)26)10-14-19(28)25-22(32)27(20(14)29)17-4-2-3-15(23)18(17)24/h2-11H,1H3,(H,30,31)(H,25,28,32)/b14-10+/t11-/m1/s1. The number of nitrogens with one attached hydrogen (secondary N) is 1. The van der Waals surface area contributed by atoms with E-state index in [1.807, 2.05) is 0 Å². The number of carboxylic acid groups (broad SMARTS) is 1. The lowest BCUT2D eigenvalue weighted by Gasteiger charge is -2.27. The highest BCUT2D eigenvalue weighted by Crippen LogP contribution is 2.34. The summed E-state index contributed by atoms with van der Waals surface area (Å²) in [5.74, 6) is -2.66. The van der Waals surface area contributed by atoms with E-state index < -0.39 is 29.9 Å². The van der Waals surface area contributed by atoms with Crippen molar-refractivity contribution in [1.29, 1.82) is 0 Å². The van der Waals surface area contributed by atoms with Crippen molar-refractivity contribution in [3.05, 3.63) is 69.8 Å². The number of carboxylic acids is 1. The Hall–Kier alpha value is -3.62. The summed E-state index contributed by atoms with van der Waals surface area (Å²) in [6, 6.07) is 9.58. The Morgan fingerprint density at radius 2 is 1.88 bits per heavy atom. The molecule has 162 valence electrons. The number of aromatic nitrogens is 1. The Morgan fingerprint density at radius 3 is 2.59 bits per heavy atom. The monoisotopic (exact) mass is 471 g/mol. The van der Waals surface area contributed by atoms with E-state index in [4.69, 9.17) is 23.2 Å². The van der Waals surface area contributed by atoms with Crippen LogP contribution < -0.4 is 10.2 Å². The molecule has 3 aromatic rings. The molecule has 0 unspecified atom stereocenters. The number of aliphatic carboxylic acids is 1. The summed E-state index contributed by atoms with van der Waals surface area (Å²) in [4.78, 5) is 49.9. The van der Waals surface area contributed by atoms with Gasteiger partial charge in [-0.3, -0.25) is 14.9 Å². The molecule has 2 heterocycles. The van der Waals surface area contributed by atoms with Gasteiger partial charge in [0.2, 0.25) is 0 Å². The number of hydrogen-bond acceptors (Lipinski definition) is 4. The molecule has 0 spiro atoms. The van der Waals surface area contributed by atoms with Crippen LogP contribution in [0.2, 0.25) is 10.0 Å². The van der Waals surface area contributed by atoms with E-state index in [0.717, 1.165) is 10.3 Å². The molecule has 1 aliphatic rings. The molecule has 1 saturated heterocycles. The van der Waals surface area contributed by atoms with Crippen molar-refractivity contribution in [1.82, 2.24) is 9.88 Å². The van der Waals surface area contributed by atoms with Gasteiger partial charge in [0.25, 0.3) is 11.8 Å². The van der Waals surface area contributed by atoms with E-state index in [9.17, 15) is 24.3 Å². The molecule has 4 amide bonds. The maximum absolute atomic E-state index is 13.1. The minimum Gasteiger partial charge on any atom is -0.480 e. The Labute approximate surface area is 191 Å². The zero-order valence-electron chi connectivity index (χ0n) is 16.5. The minimum absolute atomic E-state index is 0.00155. The lowest BCUT2D eigenvalue weighted by atomic mass is 10.1. The summed E-state index contributed by atoms with van der Waals surface area (Å²) >= 11 is 12.2. The normalized spacial score (nSPS) is 16.5. The summed E-state index contributed by atoms with van der Waals surface area (Å²) < 4.78 is 1.61. The van der Waals surface area contributed by atoms with Gasteiger partial charge in [0.05, 0.1) is 15.7 Å². The summed E-state index contributed by atoms with van der Waals surface area (Å²) in [5.41, 5.74) is 0.987. The fourth-order valence-corrected chi connectivity index (χ4v) is 3.82. The van der Waals surface area contributed by atoms with Gasteiger partial charge in [-0.15, -0.1) is 0 Å². The molecule has 1 aliphatic heterocycles. The average molecular weight is 472 g/mol. The number of barbiturate groups is 1. The topological polar surface area (TPSA) is 109 Å². The van der Waals surface area contributed by atoms with Crippen molar-refractivity contribution >= 4 is 69.7 Å². The largest absolute Gasteiger partial charge is 0.480 e. The van der Waals surface area contributed by atoms with Crippen LogP contribution in [0.5, 0.6) is 0 Å². The van der Waals surface area contributed by atoms with E-state index in [1.54, 1.807) is 42.0 Å². The van der Waals surface area contributed by atoms with Crippen LogP contribution in [0.3, 0.4) is 0 Å². The number of nitrogens with zero attached hydrogens (tertiary/aromatic N) is 2. The van der Waals surface area contributed by atoms with Gasteiger partial charge in [-0.25, -0.2) is 14.5 Å². The lowest BCUT2D eigenvalue weighted by Crippen LogP contribution is -2.54. The maximum Gasteiger partial charge on any atom is 0.336 e. The molecule has 4 rings (SSSR count). The number of imide groups is 2. The molecule has 0 bridgehead atoms. The molecule has 2 aromatic carbocycles. The van der Waals surface area contributed by atoms with Crippen molar-refractivity contribution in [2.45, 2.75) is 13.0 Å². The first-order valence-electron chi connectivity index (χ1n) is 9.38. The second-order valence-corrected chi connectivity index (χ2v) is 7.87. The van der Waals surface area contributed by atoms with Crippen LogP contribution in [-0.4, -0.2) is 33.5 Å². The van der Waals surface area contributed by atoms with E-state index in [0.29, 0.717) is 11.1 Å². The van der Waals surface area contributed by atoms with Crippen LogP contribution >= 0.6 is 23.2 Å². The highest BCUT2D eigenvalue weighted by atomic mass is 35.5. The van der Waals surface area contributed by atoms with Crippen LogP contribution in [0, 0.1) is 0 Å². The number of hydrogen-bond donors (Lipinski definition) is 2. The number of benzene rings is 2. The smallest absolute Gasteiger partial charge is 0.336 e. The molecule has 0 aliphatic carbocycles. The number of urea groups is 1. The maximum atomic E-state index is 13.1. The van der Waals surface area contributed by atoms with Crippen LogP contribution in [0.1, 0.15) is 18.5 Å². The third kappa shape index (κ3) is 3.63. The minimum atomic E-state index is -0.970. The van der Waals surface area contributed by atoms with Gasteiger partial charge in [0, 0.05) is 17.1 Å². The molecule has 2 N–H and O–H groups in total.